The lowest BCUT2D eigenvalue weighted by atomic mass is 9.85. The van der Waals surface area contributed by atoms with E-state index in [-0.39, 0.29) is 11.8 Å². The van der Waals surface area contributed by atoms with Crippen molar-refractivity contribution in [1.29, 1.82) is 0 Å². The van der Waals surface area contributed by atoms with Gasteiger partial charge in [-0.3, -0.25) is 4.79 Å². The Morgan fingerprint density at radius 2 is 1.79 bits per heavy atom. The van der Waals surface area contributed by atoms with Gasteiger partial charge in [-0.05, 0) is 31.4 Å². The molecule has 3 N–H and O–H groups in total. The van der Waals surface area contributed by atoms with Crippen LogP contribution < -0.4 is 11.1 Å². The molecule has 0 radical (unpaired) electrons. The third kappa shape index (κ3) is 4.15. The van der Waals surface area contributed by atoms with Gasteiger partial charge in [0.1, 0.15) is 0 Å². The van der Waals surface area contributed by atoms with Crippen LogP contribution in [0.3, 0.4) is 0 Å². The van der Waals surface area contributed by atoms with Crippen molar-refractivity contribution in [2.75, 3.05) is 0 Å². The number of rotatable bonds is 6. The molecule has 1 saturated carbocycles. The summed E-state index contributed by atoms with van der Waals surface area (Å²) in [6.07, 6.45) is 5.95. The molecule has 0 saturated heterocycles. The average Bonchev–Trinajstić information content (AvgIpc) is 3.18. The first-order valence-corrected chi connectivity index (χ1v) is 9.93. The smallest absolute Gasteiger partial charge is 0.220 e. The highest BCUT2D eigenvalue weighted by Gasteiger charge is 2.25. The van der Waals surface area contributed by atoms with E-state index in [9.17, 15) is 4.79 Å². The van der Waals surface area contributed by atoms with E-state index in [2.05, 4.69) is 35.8 Å². The quantitative estimate of drug-likeness (QED) is 0.691. The van der Waals surface area contributed by atoms with Crippen molar-refractivity contribution in [3.05, 3.63) is 72.4 Å². The van der Waals surface area contributed by atoms with Gasteiger partial charge >= 0.3 is 0 Å². The van der Waals surface area contributed by atoms with Crippen LogP contribution in [-0.2, 0) is 11.3 Å². The van der Waals surface area contributed by atoms with Gasteiger partial charge in [0.2, 0.25) is 5.91 Å². The summed E-state index contributed by atoms with van der Waals surface area (Å²) >= 11 is 0. The van der Waals surface area contributed by atoms with Gasteiger partial charge in [-0.1, -0.05) is 55.0 Å². The standard InChI is InChI=1S/C23H26N4O/c24-23(28)18-10-7-11-20(14-18)25-15-19-16-27(21-12-5-2-6-13-21)26-22(19)17-8-3-1-4-9-17/h1-6,8-9,12-13,16,18,20,25H,7,10-11,14-15H2,(H2,24,28). The molecule has 0 spiro atoms. The lowest BCUT2D eigenvalue weighted by Crippen LogP contribution is -2.38. The van der Waals surface area contributed by atoms with Crippen LogP contribution in [0.2, 0.25) is 0 Å². The molecule has 3 aromatic rings. The van der Waals surface area contributed by atoms with Crippen LogP contribution in [-0.4, -0.2) is 21.7 Å². The summed E-state index contributed by atoms with van der Waals surface area (Å²) < 4.78 is 1.94. The molecule has 5 heteroatoms. The molecule has 1 aliphatic rings. The Morgan fingerprint density at radius 1 is 1.07 bits per heavy atom. The highest BCUT2D eigenvalue weighted by molar-refractivity contribution is 5.76. The molecule has 1 amide bonds. The highest BCUT2D eigenvalue weighted by Crippen LogP contribution is 2.26. The molecule has 2 aromatic carbocycles. The van der Waals surface area contributed by atoms with E-state index in [0.29, 0.717) is 12.6 Å². The molecule has 1 aliphatic carbocycles. The monoisotopic (exact) mass is 374 g/mol. The lowest BCUT2D eigenvalue weighted by molar-refractivity contribution is -0.122. The first-order valence-electron chi connectivity index (χ1n) is 9.93. The predicted molar refractivity (Wildman–Crippen MR) is 111 cm³/mol. The van der Waals surface area contributed by atoms with Crippen LogP contribution in [0.5, 0.6) is 0 Å². The molecule has 144 valence electrons. The Bertz CT molecular complexity index is 920. The zero-order valence-corrected chi connectivity index (χ0v) is 15.9. The summed E-state index contributed by atoms with van der Waals surface area (Å²) in [4.78, 5) is 11.6. The van der Waals surface area contributed by atoms with Gasteiger partial charge in [0, 0.05) is 35.8 Å². The Balaban J connectivity index is 1.57. The number of nitrogens with two attached hydrogens (primary N) is 1. The van der Waals surface area contributed by atoms with Crippen LogP contribution in [0.25, 0.3) is 16.9 Å². The molecular weight excluding hydrogens is 348 g/mol. The fourth-order valence-electron chi connectivity index (χ4n) is 3.98. The first-order chi connectivity index (χ1) is 13.7. The minimum absolute atomic E-state index is 0.00751. The van der Waals surface area contributed by atoms with Crippen molar-refractivity contribution >= 4 is 5.91 Å². The molecule has 28 heavy (non-hydrogen) atoms. The fourth-order valence-corrected chi connectivity index (χ4v) is 3.98. The molecule has 5 nitrogen and oxygen atoms in total. The van der Waals surface area contributed by atoms with Crippen LogP contribution in [0.15, 0.2) is 66.9 Å². The number of benzene rings is 2. The molecule has 0 bridgehead atoms. The van der Waals surface area contributed by atoms with E-state index in [1.807, 2.05) is 41.1 Å². The van der Waals surface area contributed by atoms with Crippen molar-refractivity contribution in [3.63, 3.8) is 0 Å². The van der Waals surface area contributed by atoms with Gasteiger partial charge in [-0.2, -0.15) is 5.10 Å². The number of amides is 1. The maximum Gasteiger partial charge on any atom is 0.220 e. The van der Waals surface area contributed by atoms with Crippen molar-refractivity contribution in [2.24, 2.45) is 11.7 Å². The Hall–Kier alpha value is -2.92. The Labute approximate surface area is 165 Å². The normalized spacial score (nSPS) is 19.4. The zero-order chi connectivity index (χ0) is 19.3. The van der Waals surface area contributed by atoms with E-state index >= 15 is 0 Å². The largest absolute Gasteiger partial charge is 0.369 e. The number of aromatic nitrogens is 2. The van der Waals surface area contributed by atoms with E-state index < -0.39 is 0 Å². The summed E-state index contributed by atoms with van der Waals surface area (Å²) in [5.41, 5.74) is 9.80. The van der Waals surface area contributed by atoms with Gasteiger partial charge in [0.05, 0.1) is 11.4 Å². The SMILES string of the molecule is NC(=O)C1CCCC(NCc2cn(-c3ccccc3)nc2-c2ccccc2)C1. The molecule has 1 heterocycles. The van der Waals surface area contributed by atoms with Crippen LogP contribution >= 0.6 is 0 Å². The second kappa shape index (κ2) is 8.40. The van der Waals surface area contributed by atoms with E-state index in [1.54, 1.807) is 0 Å². The number of hydrogen-bond acceptors (Lipinski definition) is 3. The maximum atomic E-state index is 11.6. The molecule has 1 fully saturated rings. The molecule has 1 aromatic heterocycles. The number of nitrogens with one attached hydrogen (secondary N) is 1. The lowest BCUT2D eigenvalue weighted by Gasteiger charge is -2.28. The summed E-state index contributed by atoms with van der Waals surface area (Å²) in [5.74, 6) is -0.180. The zero-order valence-electron chi connectivity index (χ0n) is 15.9. The van der Waals surface area contributed by atoms with Crippen LogP contribution in [0.4, 0.5) is 0 Å². The molecule has 4 rings (SSSR count). The van der Waals surface area contributed by atoms with E-state index in [0.717, 1.165) is 48.2 Å². The minimum atomic E-state index is -0.173. The second-order valence-corrected chi connectivity index (χ2v) is 7.49. The summed E-state index contributed by atoms with van der Waals surface area (Å²) in [6.45, 7) is 0.715. The summed E-state index contributed by atoms with van der Waals surface area (Å²) in [5, 5.41) is 8.50. The van der Waals surface area contributed by atoms with Crippen molar-refractivity contribution in [3.8, 4) is 16.9 Å². The van der Waals surface area contributed by atoms with Gasteiger partial charge in [-0.25, -0.2) is 4.68 Å². The second-order valence-electron chi connectivity index (χ2n) is 7.49. The third-order valence-electron chi connectivity index (χ3n) is 5.52. The van der Waals surface area contributed by atoms with Crippen molar-refractivity contribution < 1.29 is 4.79 Å². The highest BCUT2D eigenvalue weighted by atomic mass is 16.1. The number of para-hydroxylation sites is 1. The molecule has 2 atom stereocenters. The average molecular weight is 374 g/mol. The van der Waals surface area contributed by atoms with Gasteiger partial charge in [0.25, 0.3) is 0 Å². The van der Waals surface area contributed by atoms with Crippen molar-refractivity contribution in [2.45, 2.75) is 38.3 Å². The predicted octanol–water partition coefficient (Wildman–Crippen LogP) is 3.67. The minimum Gasteiger partial charge on any atom is -0.369 e. The Morgan fingerprint density at radius 3 is 2.50 bits per heavy atom. The van der Waals surface area contributed by atoms with Crippen LogP contribution in [0, 0.1) is 5.92 Å². The third-order valence-corrected chi connectivity index (χ3v) is 5.52. The number of hydrogen-bond donors (Lipinski definition) is 2. The number of carbonyl (C=O) groups excluding carboxylic acids is 1. The van der Waals surface area contributed by atoms with E-state index in [4.69, 9.17) is 10.8 Å². The van der Waals surface area contributed by atoms with Gasteiger partial charge < -0.3 is 11.1 Å². The topological polar surface area (TPSA) is 72.9 Å². The molecule has 0 aliphatic heterocycles. The maximum absolute atomic E-state index is 11.6. The van der Waals surface area contributed by atoms with Crippen molar-refractivity contribution in [1.82, 2.24) is 15.1 Å². The fraction of sp³-hybridized carbons (Fsp3) is 0.304. The first kappa shape index (κ1) is 18.4. The number of primary amides is 1. The summed E-state index contributed by atoms with van der Waals surface area (Å²) in [6, 6.07) is 20.7. The van der Waals surface area contributed by atoms with Gasteiger partial charge in [0.15, 0.2) is 0 Å². The summed E-state index contributed by atoms with van der Waals surface area (Å²) in [7, 11) is 0. The number of nitrogens with zero attached hydrogens (tertiary/aromatic N) is 2. The Kier molecular flexibility index (Phi) is 5.53. The van der Waals surface area contributed by atoms with Crippen LogP contribution in [0.1, 0.15) is 31.2 Å². The van der Waals surface area contributed by atoms with Gasteiger partial charge in [-0.15, -0.1) is 0 Å². The van der Waals surface area contributed by atoms with E-state index in [1.165, 1.54) is 0 Å². The number of carbonyl (C=O) groups is 1. The molecular formula is C23H26N4O. The molecule has 2 unspecified atom stereocenters.